The number of hydrogen-bond donors (Lipinski definition) is 2. The van der Waals surface area contributed by atoms with Crippen LogP contribution in [0.1, 0.15) is 31.3 Å². The number of rotatable bonds is 7. The van der Waals surface area contributed by atoms with E-state index in [4.69, 9.17) is 4.42 Å². The van der Waals surface area contributed by atoms with Crippen LogP contribution in [-0.4, -0.2) is 27.4 Å². The van der Waals surface area contributed by atoms with Crippen LogP contribution >= 0.6 is 0 Å². The van der Waals surface area contributed by atoms with Gasteiger partial charge in [-0.1, -0.05) is 12.1 Å². The Morgan fingerprint density at radius 3 is 3.10 bits per heavy atom. The second-order valence-corrected chi connectivity index (χ2v) is 4.49. The van der Waals surface area contributed by atoms with Crippen molar-refractivity contribution in [2.24, 2.45) is 0 Å². The molecule has 2 aromatic rings. The Balaban J connectivity index is 1.83. The fourth-order valence-electron chi connectivity index (χ4n) is 1.79. The van der Waals surface area contributed by atoms with Gasteiger partial charge in [0, 0.05) is 6.54 Å². The normalized spacial score (nSPS) is 12.3. The standard InChI is InChI=1S/C13H19N5O2/c1-3-14-7-11-8-18(17-16-11)9-13(19)15-10(2)12-5-4-6-20-12/h4-6,8,10,14H,3,7,9H2,1-2H3,(H,15,19). The topological polar surface area (TPSA) is 85.0 Å². The van der Waals surface area contributed by atoms with Gasteiger partial charge in [0.25, 0.3) is 0 Å². The number of amides is 1. The molecule has 2 rings (SSSR count). The Hall–Kier alpha value is -2.15. The molecule has 7 heteroatoms. The van der Waals surface area contributed by atoms with Gasteiger partial charge in [-0.15, -0.1) is 5.10 Å². The van der Waals surface area contributed by atoms with E-state index in [1.807, 2.05) is 19.9 Å². The zero-order valence-corrected chi connectivity index (χ0v) is 11.7. The molecule has 0 fully saturated rings. The fourth-order valence-corrected chi connectivity index (χ4v) is 1.79. The number of carbonyl (C=O) groups is 1. The second kappa shape index (κ2) is 6.85. The molecule has 0 saturated heterocycles. The molecule has 20 heavy (non-hydrogen) atoms. The minimum atomic E-state index is -0.165. The predicted octanol–water partition coefficient (Wildman–Crippen LogP) is 0.858. The predicted molar refractivity (Wildman–Crippen MR) is 72.7 cm³/mol. The number of nitrogens with zero attached hydrogens (tertiary/aromatic N) is 3. The Morgan fingerprint density at radius 1 is 1.55 bits per heavy atom. The smallest absolute Gasteiger partial charge is 0.242 e. The summed E-state index contributed by atoms with van der Waals surface area (Å²) in [4.78, 5) is 11.9. The molecule has 2 heterocycles. The van der Waals surface area contributed by atoms with Gasteiger partial charge in [0.05, 0.1) is 24.2 Å². The van der Waals surface area contributed by atoms with Crippen LogP contribution in [0.4, 0.5) is 0 Å². The summed E-state index contributed by atoms with van der Waals surface area (Å²) in [5.41, 5.74) is 0.818. The number of nitrogens with one attached hydrogen (secondary N) is 2. The Labute approximate surface area is 117 Å². The van der Waals surface area contributed by atoms with Crippen LogP contribution < -0.4 is 10.6 Å². The molecular weight excluding hydrogens is 258 g/mol. The molecule has 0 aliphatic heterocycles. The van der Waals surface area contributed by atoms with Crippen molar-refractivity contribution < 1.29 is 9.21 Å². The molecular formula is C13H19N5O2. The molecule has 108 valence electrons. The van der Waals surface area contributed by atoms with Gasteiger partial charge in [-0.05, 0) is 25.6 Å². The number of carbonyl (C=O) groups excluding carboxylic acids is 1. The van der Waals surface area contributed by atoms with Gasteiger partial charge in [0.15, 0.2) is 0 Å². The van der Waals surface area contributed by atoms with Crippen LogP contribution in [0, 0.1) is 0 Å². The van der Waals surface area contributed by atoms with Crippen molar-refractivity contribution in [1.82, 2.24) is 25.6 Å². The summed E-state index contributed by atoms with van der Waals surface area (Å²) in [7, 11) is 0. The maximum absolute atomic E-state index is 11.9. The molecule has 2 aromatic heterocycles. The molecule has 0 aromatic carbocycles. The SMILES string of the molecule is CCNCc1cn(CC(=O)NC(C)c2ccco2)nn1. The molecule has 0 aliphatic rings. The zero-order chi connectivity index (χ0) is 14.4. The Bertz CT molecular complexity index is 535. The first-order valence-corrected chi connectivity index (χ1v) is 6.61. The van der Waals surface area contributed by atoms with Crippen molar-refractivity contribution in [3.05, 3.63) is 36.0 Å². The van der Waals surface area contributed by atoms with E-state index >= 15 is 0 Å². The molecule has 0 saturated carbocycles. The van der Waals surface area contributed by atoms with Crippen LogP contribution in [0.2, 0.25) is 0 Å². The summed E-state index contributed by atoms with van der Waals surface area (Å²) in [5, 5.41) is 13.9. The first kappa shape index (κ1) is 14.3. The lowest BCUT2D eigenvalue weighted by atomic mass is 10.2. The number of aromatic nitrogens is 3. The molecule has 0 aliphatic carbocycles. The largest absolute Gasteiger partial charge is 0.467 e. The van der Waals surface area contributed by atoms with Gasteiger partial charge in [-0.2, -0.15) is 0 Å². The van der Waals surface area contributed by atoms with Crippen LogP contribution in [-0.2, 0) is 17.9 Å². The van der Waals surface area contributed by atoms with Crippen molar-refractivity contribution in [3.63, 3.8) is 0 Å². The van der Waals surface area contributed by atoms with Gasteiger partial charge in [-0.25, -0.2) is 4.68 Å². The van der Waals surface area contributed by atoms with Gasteiger partial charge < -0.3 is 15.1 Å². The van der Waals surface area contributed by atoms with E-state index in [-0.39, 0.29) is 18.5 Å². The second-order valence-electron chi connectivity index (χ2n) is 4.49. The Morgan fingerprint density at radius 2 is 2.40 bits per heavy atom. The average molecular weight is 277 g/mol. The molecule has 2 N–H and O–H groups in total. The third-order valence-corrected chi connectivity index (χ3v) is 2.80. The van der Waals surface area contributed by atoms with E-state index < -0.39 is 0 Å². The maximum Gasteiger partial charge on any atom is 0.242 e. The maximum atomic E-state index is 11.9. The third kappa shape index (κ3) is 3.92. The van der Waals surface area contributed by atoms with Crippen molar-refractivity contribution >= 4 is 5.91 Å². The van der Waals surface area contributed by atoms with Gasteiger partial charge in [-0.3, -0.25) is 4.79 Å². The van der Waals surface area contributed by atoms with E-state index in [1.54, 1.807) is 18.5 Å². The van der Waals surface area contributed by atoms with Gasteiger partial charge >= 0.3 is 0 Å². The third-order valence-electron chi connectivity index (χ3n) is 2.80. The van der Waals surface area contributed by atoms with Gasteiger partial charge in [0.2, 0.25) is 5.91 Å². The molecule has 0 bridgehead atoms. The highest BCUT2D eigenvalue weighted by Crippen LogP contribution is 2.11. The lowest BCUT2D eigenvalue weighted by Gasteiger charge is -2.10. The lowest BCUT2D eigenvalue weighted by molar-refractivity contribution is -0.122. The summed E-state index contributed by atoms with van der Waals surface area (Å²) in [6.45, 7) is 5.56. The highest BCUT2D eigenvalue weighted by Gasteiger charge is 2.12. The minimum Gasteiger partial charge on any atom is -0.467 e. The first-order valence-electron chi connectivity index (χ1n) is 6.61. The molecule has 7 nitrogen and oxygen atoms in total. The fraction of sp³-hybridized carbons (Fsp3) is 0.462. The minimum absolute atomic E-state index is 0.131. The van der Waals surface area contributed by atoms with Crippen molar-refractivity contribution in [2.75, 3.05) is 6.54 Å². The van der Waals surface area contributed by atoms with Crippen LogP contribution in [0.5, 0.6) is 0 Å². The van der Waals surface area contributed by atoms with E-state index in [1.165, 1.54) is 4.68 Å². The monoisotopic (exact) mass is 277 g/mol. The van der Waals surface area contributed by atoms with E-state index in [0.29, 0.717) is 6.54 Å². The molecule has 0 spiro atoms. The summed E-state index contributed by atoms with van der Waals surface area (Å²) in [6, 6.07) is 3.46. The number of furan rings is 1. The van der Waals surface area contributed by atoms with E-state index in [2.05, 4.69) is 20.9 Å². The van der Waals surface area contributed by atoms with Crippen LogP contribution in [0.15, 0.2) is 29.0 Å². The highest BCUT2D eigenvalue weighted by atomic mass is 16.3. The van der Waals surface area contributed by atoms with Gasteiger partial charge in [0.1, 0.15) is 12.3 Å². The van der Waals surface area contributed by atoms with Crippen molar-refractivity contribution in [2.45, 2.75) is 33.0 Å². The van der Waals surface area contributed by atoms with Crippen LogP contribution in [0.3, 0.4) is 0 Å². The first-order chi connectivity index (χ1) is 9.69. The van der Waals surface area contributed by atoms with E-state index in [0.717, 1.165) is 18.0 Å². The Kier molecular flexibility index (Phi) is 4.89. The highest BCUT2D eigenvalue weighted by molar-refractivity contribution is 5.76. The zero-order valence-electron chi connectivity index (χ0n) is 11.7. The molecule has 1 amide bonds. The average Bonchev–Trinajstić information content (AvgIpc) is 3.07. The quantitative estimate of drug-likeness (QED) is 0.784. The number of hydrogen-bond acceptors (Lipinski definition) is 5. The molecule has 1 atom stereocenters. The van der Waals surface area contributed by atoms with Crippen molar-refractivity contribution in [1.29, 1.82) is 0 Å². The summed E-state index contributed by atoms with van der Waals surface area (Å²) >= 11 is 0. The summed E-state index contributed by atoms with van der Waals surface area (Å²) in [5.74, 6) is 0.596. The summed E-state index contributed by atoms with van der Waals surface area (Å²) in [6.07, 6.45) is 3.35. The molecule has 1 unspecified atom stereocenters. The lowest BCUT2D eigenvalue weighted by Crippen LogP contribution is -2.30. The van der Waals surface area contributed by atoms with Crippen LogP contribution in [0.25, 0.3) is 0 Å². The van der Waals surface area contributed by atoms with Crippen molar-refractivity contribution in [3.8, 4) is 0 Å². The van der Waals surface area contributed by atoms with E-state index in [9.17, 15) is 4.79 Å². The molecule has 0 radical (unpaired) electrons. The summed E-state index contributed by atoms with van der Waals surface area (Å²) < 4.78 is 6.76.